The molecule has 28 heavy (non-hydrogen) atoms. The number of nitrogens with zero attached hydrogens (tertiary/aromatic N) is 2. The normalized spacial score (nSPS) is 12.6. The molecule has 1 N–H and O–H groups in total. The van der Waals surface area contributed by atoms with Gasteiger partial charge in [-0.15, -0.1) is 0 Å². The molecular formula is C22H22FN3O2. The average Bonchev–Trinajstić information content (AvgIpc) is 3.30. The van der Waals surface area contributed by atoms with Crippen molar-refractivity contribution in [1.29, 1.82) is 0 Å². The number of aryl methyl sites for hydroxylation is 1. The summed E-state index contributed by atoms with van der Waals surface area (Å²) < 4.78 is 20.3. The molecule has 1 aromatic heterocycles. The molecule has 0 atom stereocenters. The van der Waals surface area contributed by atoms with E-state index in [-0.39, 0.29) is 11.7 Å². The lowest BCUT2D eigenvalue weighted by atomic mass is 10.2. The summed E-state index contributed by atoms with van der Waals surface area (Å²) in [4.78, 5) is 12.7. The zero-order valence-electron chi connectivity index (χ0n) is 15.7. The highest BCUT2D eigenvalue weighted by molar-refractivity contribution is 5.94. The smallest absolute Gasteiger partial charge is 0.272 e. The lowest BCUT2D eigenvalue weighted by Gasteiger charge is -2.09. The van der Waals surface area contributed by atoms with Gasteiger partial charge in [-0.05, 0) is 62.1 Å². The van der Waals surface area contributed by atoms with Crippen LogP contribution in [-0.4, -0.2) is 28.8 Å². The van der Waals surface area contributed by atoms with Crippen LogP contribution >= 0.6 is 0 Å². The third-order valence-corrected chi connectivity index (χ3v) is 4.96. The van der Waals surface area contributed by atoms with Gasteiger partial charge in [0.1, 0.15) is 18.2 Å². The highest BCUT2D eigenvalue weighted by atomic mass is 19.1. The van der Waals surface area contributed by atoms with Gasteiger partial charge in [-0.1, -0.05) is 18.2 Å². The predicted octanol–water partition coefficient (Wildman–Crippen LogP) is 3.62. The lowest BCUT2D eigenvalue weighted by molar-refractivity contribution is 0.0940. The summed E-state index contributed by atoms with van der Waals surface area (Å²) in [6.45, 7) is 2.70. The number of hydrogen-bond acceptors (Lipinski definition) is 3. The Labute approximate surface area is 163 Å². The third kappa shape index (κ3) is 3.63. The minimum Gasteiger partial charge on any atom is -0.492 e. The molecule has 144 valence electrons. The fourth-order valence-corrected chi connectivity index (χ4v) is 3.57. The van der Waals surface area contributed by atoms with Crippen molar-refractivity contribution >= 4 is 5.91 Å². The van der Waals surface area contributed by atoms with E-state index in [9.17, 15) is 9.18 Å². The van der Waals surface area contributed by atoms with Gasteiger partial charge in [0.15, 0.2) is 5.69 Å². The molecule has 0 saturated carbocycles. The Kier molecular flexibility index (Phi) is 5.10. The Hall–Kier alpha value is -3.15. The number of carbonyl (C=O) groups is 1. The van der Waals surface area contributed by atoms with Gasteiger partial charge in [0.2, 0.25) is 0 Å². The van der Waals surface area contributed by atoms with Crippen LogP contribution in [0.3, 0.4) is 0 Å². The Balaban J connectivity index is 1.44. The average molecular weight is 379 g/mol. The van der Waals surface area contributed by atoms with E-state index in [1.165, 1.54) is 12.1 Å². The van der Waals surface area contributed by atoms with Crippen LogP contribution in [0.15, 0.2) is 48.5 Å². The number of para-hydroxylation sites is 1. The van der Waals surface area contributed by atoms with Gasteiger partial charge in [-0.3, -0.25) is 4.79 Å². The van der Waals surface area contributed by atoms with Crippen molar-refractivity contribution in [1.82, 2.24) is 15.1 Å². The van der Waals surface area contributed by atoms with Crippen molar-refractivity contribution in [2.75, 3.05) is 13.2 Å². The number of halogens is 1. The largest absolute Gasteiger partial charge is 0.492 e. The van der Waals surface area contributed by atoms with E-state index < -0.39 is 0 Å². The molecule has 0 radical (unpaired) electrons. The second-order valence-electron chi connectivity index (χ2n) is 6.88. The summed E-state index contributed by atoms with van der Waals surface area (Å²) >= 11 is 0. The topological polar surface area (TPSA) is 56.2 Å². The predicted molar refractivity (Wildman–Crippen MR) is 105 cm³/mol. The molecular weight excluding hydrogens is 357 g/mol. The molecule has 1 heterocycles. The van der Waals surface area contributed by atoms with Crippen LogP contribution in [0.2, 0.25) is 0 Å². The summed E-state index contributed by atoms with van der Waals surface area (Å²) in [6, 6.07) is 13.9. The molecule has 0 aliphatic heterocycles. The number of hydrogen-bond donors (Lipinski definition) is 1. The lowest BCUT2D eigenvalue weighted by Crippen LogP contribution is -2.29. The molecule has 2 aromatic carbocycles. The highest BCUT2D eigenvalue weighted by Crippen LogP contribution is 2.28. The fourth-order valence-electron chi connectivity index (χ4n) is 3.57. The fraction of sp³-hybridized carbons (Fsp3) is 0.273. The van der Waals surface area contributed by atoms with E-state index in [0.29, 0.717) is 24.6 Å². The van der Waals surface area contributed by atoms with E-state index >= 15 is 0 Å². The molecule has 4 rings (SSSR count). The summed E-state index contributed by atoms with van der Waals surface area (Å²) in [5.74, 6) is 0.0762. The maximum atomic E-state index is 12.9. The second kappa shape index (κ2) is 7.84. The molecule has 3 aromatic rings. The number of ether oxygens (including phenoxy) is 1. The molecule has 1 aliphatic carbocycles. The number of amides is 1. The maximum absolute atomic E-state index is 12.9. The van der Waals surface area contributed by atoms with Crippen molar-refractivity contribution in [2.45, 2.75) is 26.2 Å². The maximum Gasteiger partial charge on any atom is 0.272 e. The molecule has 0 spiro atoms. The van der Waals surface area contributed by atoms with Crippen molar-refractivity contribution in [2.24, 2.45) is 0 Å². The van der Waals surface area contributed by atoms with Gasteiger partial charge >= 0.3 is 0 Å². The van der Waals surface area contributed by atoms with Gasteiger partial charge in [0.05, 0.1) is 12.2 Å². The zero-order valence-corrected chi connectivity index (χ0v) is 15.7. The molecule has 0 bridgehead atoms. The first-order valence-corrected chi connectivity index (χ1v) is 9.47. The van der Waals surface area contributed by atoms with Crippen molar-refractivity contribution in [3.8, 4) is 11.4 Å². The molecule has 0 unspecified atom stereocenters. The van der Waals surface area contributed by atoms with Gasteiger partial charge in [-0.25, -0.2) is 9.07 Å². The van der Waals surface area contributed by atoms with Gasteiger partial charge in [0, 0.05) is 11.3 Å². The van der Waals surface area contributed by atoms with E-state index in [0.717, 1.165) is 41.8 Å². The van der Waals surface area contributed by atoms with Crippen molar-refractivity contribution < 1.29 is 13.9 Å². The first-order valence-electron chi connectivity index (χ1n) is 9.47. The van der Waals surface area contributed by atoms with Gasteiger partial charge in [0.25, 0.3) is 5.91 Å². The number of benzene rings is 2. The first kappa shape index (κ1) is 18.2. The number of rotatable bonds is 6. The highest BCUT2D eigenvalue weighted by Gasteiger charge is 2.27. The van der Waals surface area contributed by atoms with E-state index in [1.54, 1.807) is 12.1 Å². The Morgan fingerprint density at radius 3 is 2.75 bits per heavy atom. The van der Waals surface area contributed by atoms with Crippen LogP contribution in [0, 0.1) is 12.7 Å². The van der Waals surface area contributed by atoms with E-state index in [4.69, 9.17) is 4.74 Å². The number of nitrogens with one attached hydrogen (secondary N) is 1. The van der Waals surface area contributed by atoms with Crippen molar-refractivity contribution in [3.63, 3.8) is 0 Å². The quantitative estimate of drug-likeness (QED) is 0.666. The standard InChI is InChI=1S/C22H22FN3O2/c1-15-5-2-3-7-19(15)26-20-8-4-6-18(20)21(25-26)22(27)24-13-14-28-17-11-9-16(23)10-12-17/h2-3,5,7,9-12H,4,6,8,13-14H2,1H3,(H,24,27). The zero-order chi connectivity index (χ0) is 19.5. The van der Waals surface area contributed by atoms with Crippen LogP contribution in [0.4, 0.5) is 4.39 Å². The Bertz CT molecular complexity index is 996. The summed E-state index contributed by atoms with van der Waals surface area (Å²) in [6.07, 6.45) is 2.83. The minimum absolute atomic E-state index is 0.187. The molecule has 0 saturated heterocycles. The summed E-state index contributed by atoms with van der Waals surface area (Å²) in [5, 5.41) is 7.51. The minimum atomic E-state index is -0.307. The van der Waals surface area contributed by atoms with Gasteiger partial charge in [-0.2, -0.15) is 5.10 Å². The van der Waals surface area contributed by atoms with E-state index in [1.807, 2.05) is 35.9 Å². The second-order valence-corrected chi connectivity index (χ2v) is 6.88. The number of aromatic nitrogens is 2. The summed E-state index contributed by atoms with van der Waals surface area (Å²) in [7, 11) is 0. The third-order valence-electron chi connectivity index (χ3n) is 4.96. The molecule has 6 heteroatoms. The summed E-state index contributed by atoms with van der Waals surface area (Å²) in [5.41, 5.74) is 4.80. The molecule has 0 fully saturated rings. The van der Waals surface area contributed by atoms with Crippen LogP contribution in [0.25, 0.3) is 5.69 Å². The van der Waals surface area contributed by atoms with Crippen LogP contribution in [-0.2, 0) is 12.8 Å². The molecule has 1 aliphatic rings. The SMILES string of the molecule is Cc1ccccc1-n1nc(C(=O)NCCOc2ccc(F)cc2)c2c1CCC2. The van der Waals surface area contributed by atoms with Crippen molar-refractivity contribution in [3.05, 3.63) is 76.9 Å². The van der Waals surface area contributed by atoms with Gasteiger partial charge < -0.3 is 10.1 Å². The molecule has 5 nitrogen and oxygen atoms in total. The first-order chi connectivity index (χ1) is 13.6. The monoisotopic (exact) mass is 379 g/mol. The molecule has 1 amide bonds. The van der Waals surface area contributed by atoms with Crippen LogP contribution < -0.4 is 10.1 Å². The Morgan fingerprint density at radius 1 is 1.18 bits per heavy atom. The number of carbonyl (C=O) groups excluding carboxylic acids is 1. The van der Waals surface area contributed by atoms with Crippen LogP contribution in [0.1, 0.15) is 33.7 Å². The van der Waals surface area contributed by atoms with E-state index in [2.05, 4.69) is 10.4 Å². The Morgan fingerprint density at radius 2 is 1.96 bits per heavy atom. The number of fused-ring (bicyclic) bond motifs is 1. The van der Waals surface area contributed by atoms with Crippen LogP contribution in [0.5, 0.6) is 5.75 Å².